The third-order valence-corrected chi connectivity index (χ3v) is 3.65. The van der Waals surface area contributed by atoms with Gasteiger partial charge < -0.3 is 10.2 Å². The quantitative estimate of drug-likeness (QED) is 0.557. The van der Waals surface area contributed by atoms with Crippen LogP contribution in [0.3, 0.4) is 0 Å². The van der Waals surface area contributed by atoms with Crippen LogP contribution in [-0.4, -0.2) is 36.6 Å². The molecule has 17 heavy (non-hydrogen) atoms. The first kappa shape index (κ1) is 15.0. The molecule has 1 atom stereocenters. The van der Waals surface area contributed by atoms with Gasteiger partial charge in [-0.2, -0.15) is 0 Å². The normalized spacial score (nSPS) is 17.6. The van der Waals surface area contributed by atoms with Crippen LogP contribution in [0.4, 0.5) is 0 Å². The summed E-state index contributed by atoms with van der Waals surface area (Å²) in [5.74, 6) is 0. The van der Waals surface area contributed by atoms with E-state index in [4.69, 9.17) is 0 Å². The minimum absolute atomic E-state index is 0.704. The molecule has 1 rings (SSSR count). The smallest absolute Gasteiger partial charge is 0.00964 e. The van der Waals surface area contributed by atoms with E-state index in [1.165, 1.54) is 64.6 Å². The van der Waals surface area contributed by atoms with Gasteiger partial charge in [-0.3, -0.25) is 0 Å². The predicted molar refractivity (Wildman–Crippen MR) is 76.5 cm³/mol. The highest BCUT2D eigenvalue weighted by Crippen LogP contribution is 2.27. The molecule has 0 amide bonds. The Balaban J connectivity index is 1.97. The minimum atomic E-state index is 0.704. The molecule has 0 aromatic carbocycles. The summed E-state index contributed by atoms with van der Waals surface area (Å²) in [6.07, 6.45) is 9.56. The Morgan fingerprint density at radius 3 is 2.47 bits per heavy atom. The van der Waals surface area contributed by atoms with Crippen LogP contribution < -0.4 is 5.32 Å². The Labute approximate surface area is 108 Å². The van der Waals surface area contributed by atoms with Gasteiger partial charge in [0.25, 0.3) is 0 Å². The SMILES string of the molecule is CCCNC(C)CCCCN(CCC)C1CC1. The number of hydrogen-bond acceptors (Lipinski definition) is 2. The molecular formula is C15H32N2. The Morgan fingerprint density at radius 2 is 1.88 bits per heavy atom. The summed E-state index contributed by atoms with van der Waals surface area (Å²) in [7, 11) is 0. The van der Waals surface area contributed by atoms with Crippen molar-refractivity contribution in [3.8, 4) is 0 Å². The van der Waals surface area contributed by atoms with Gasteiger partial charge in [-0.25, -0.2) is 0 Å². The van der Waals surface area contributed by atoms with E-state index in [0.29, 0.717) is 6.04 Å². The fraction of sp³-hybridized carbons (Fsp3) is 1.00. The maximum atomic E-state index is 3.57. The van der Waals surface area contributed by atoms with E-state index in [-0.39, 0.29) is 0 Å². The van der Waals surface area contributed by atoms with Crippen molar-refractivity contribution in [1.29, 1.82) is 0 Å². The molecule has 1 fully saturated rings. The van der Waals surface area contributed by atoms with E-state index in [1.807, 2.05) is 0 Å². The first-order valence-corrected chi connectivity index (χ1v) is 7.75. The molecule has 1 aliphatic rings. The molecule has 1 N–H and O–H groups in total. The van der Waals surface area contributed by atoms with E-state index in [1.54, 1.807) is 0 Å². The van der Waals surface area contributed by atoms with Gasteiger partial charge in [-0.1, -0.05) is 20.3 Å². The molecule has 1 unspecified atom stereocenters. The van der Waals surface area contributed by atoms with Gasteiger partial charge in [0.2, 0.25) is 0 Å². The molecule has 0 aliphatic heterocycles. The lowest BCUT2D eigenvalue weighted by Gasteiger charge is -2.21. The van der Waals surface area contributed by atoms with Crippen LogP contribution in [0.25, 0.3) is 0 Å². The van der Waals surface area contributed by atoms with E-state index in [9.17, 15) is 0 Å². The monoisotopic (exact) mass is 240 g/mol. The lowest BCUT2D eigenvalue weighted by Crippen LogP contribution is -2.29. The first-order valence-electron chi connectivity index (χ1n) is 7.75. The topological polar surface area (TPSA) is 15.3 Å². The molecule has 0 heterocycles. The van der Waals surface area contributed by atoms with E-state index in [0.717, 1.165) is 6.04 Å². The number of nitrogens with one attached hydrogen (secondary N) is 1. The molecule has 0 aromatic heterocycles. The highest BCUT2D eigenvalue weighted by Gasteiger charge is 2.27. The Kier molecular flexibility index (Phi) is 7.87. The number of nitrogens with zero attached hydrogens (tertiary/aromatic N) is 1. The fourth-order valence-electron chi connectivity index (χ4n) is 2.46. The summed E-state index contributed by atoms with van der Waals surface area (Å²) in [6.45, 7) is 10.7. The van der Waals surface area contributed by atoms with Crippen molar-refractivity contribution in [2.24, 2.45) is 0 Å². The summed E-state index contributed by atoms with van der Waals surface area (Å²) in [5.41, 5.74) is 0. The van der Waals surface area contributed by atoms with Crippen LogP contribution in [0.2, 0.25) is 0 Å². The van der Waals surface area contributed by atoms with Gasteiger partial charge in [0, 0.05) is 12.1 Å². The molecule has 0 radical (unpaired) electrons. The molecule has 2 nitrogen and oxygen atoms in total. The zero-order valence-electron chi connectivity index (χ0n) is 12.2. The number of unbranched alkanes of at least 4 members (excludes halogenated alkanes) is 1. The predicted octanol–water partition coefficient (Wildman–Crippen LogP) is 3.42. The summed E-state index contributed by atoms with van der Waals surface area (Å²) in [5, 5.41) is 3.57. The minimum Gasteiger partial charge on any atom is -0.314 e. The highest BCUT2D eigenvalue weighted by atomic mass is 15.2. The van der Waals surface area contributed by atoms with Gasteiger partial charge in [0.15, 0.2) is 0 Å². The molecule has 0 bridgehead atoms. The van der Waals surface area contributed by atoms with E-state index in [2.05, 4.69) is 31.0 Å². The van der Waals surface area contributed by atoms with Crippen LogP contribution in [0.5, 0.6) is 0 Å². The second kappa shape index (κ2) is 8.93. The third kappa shape index (κ3) is 7.05. The molecule has 102 valence electrons. The molecule has 0 spiro atoms. The van der Waals surface area contributed by atoms with Crippen LogP contribution in [-0.2, 0) is 0 Å². The fourth-order valence-corrected chi connectivity index (χ4v) is 2.46. The zero-order chi connectivity index (χ0) is 12.5. The van der Waals surface area contributed by atoms with Crippen molar-refractivity contribution in [2.75, 3.05) is 19.6 Å². The van der Waals surface area contributed by atoms with Crippen molar-refractivity contribution < 1.29 is 0 Å². The number of hydrogen-bond donors (Lipinski definition) is 1. The van der Waals surface area contributed by atoms with E-state index < -0.39 is 0 Å². The molecule has 1 aliphatic carbocycles. The summed E-state index contributed by atoms with van der Waals surface area (Å²) in [4.78, 5) is 2.71. The summed E-state index contributed by atoms with van der Waals surface area (Å²) >= 11 is 0. The van der Waals surface area contributed by atoms with Gasteiger partial charge in [-0.05, 0) is 65.1 Å². The maximum Gasteiger partial charge on any atom is 0.00964 e. The van der Waals surface area contributed by atoms with Gasteiger partial charge in [0.1, 0.15) is 0 Å². The van der Waals surface area contributed by atoms with E-state index >= 15 is 0 Å². The average Bonchev–Trinajstić information content (AvgIpc) is 3.14. The molecule has 1 saturated carbocycles. The molecular weight excluding hydrogens is 208 g/mol. The van der Waals surface area contributed by atoms with Gasteiger partial charge >= 0.3 is 0 Å². The van der Waals surface area contributed by atoms with Crippen molar-refractivity contribution in [1.82, 2.24) is 10.2 Å². The molecule has 0 saturated heterocycles. The van der Waals surface area contributed by atoms with Crippen molar-refractivity contribution in [3.05, 3.63) is 0 Å². The summed E-state index contributed by atoms with van der Waals surface area (Å²) < 4.78 is 0. The Bertz CT molecular complexity index is 178. The maximum absolute atomic E-state index is 3.57. The second-order valence-electron chi connectivity index (χ2n) is 5.62. The Morgan fingerprint density at radius 1 is 1.12 bits per heavy atom. The molecule has 0 aromatic rings. The lowest BCUT2D eigenvalue weighted by molar-refractivity contribution is 0.256. The third-order valence-electron chi connectivity index (χ3n) is 3.65. The number of rotatable bonds is 11. The lowest BCUT2D eigenvalue weighted by atomic mass is 10.1. The van der Waals surface area contributed by atoms with Crippen LogP contribution in [0.15, 0.2) is 0 Å². The van der Waals surface area contributed by atoms with Crippen molar-refractivity contribution >= 4 is 0 Å². The highest BCUT2D eigenvalue weighted by molar-refractivity contribution is 4.84. The van der Waals surface area contributed by atoms with Gasteiger partial charge in [-0.15, -0.1) is 0 Å². The zero-order valence-corrected chi connectivity index (χ0v) is 12.2. The largest absolute Gasteiger partial charge is 0.314 e. The second-order valence-corrected chi connectivity index (χ2v) is 5.62. The Hall–Kier alpha value is -0.0800. The standard InChI is InChI=1S/C15H32N2/c1-4-11-16-14(3)8-6-7-13-17(12-5-2)15-9-10-15/h14-16H,4-13H2,1-3H3. The summed E-state index contributed by atoms with van der Waals surface area (Å²) in [6, 6.07) is 1.65. The van der Waals surface area contributed by atoms with Crippen molar-refractivity contribution in [3.63, 3.8) is 0 Å². The van der Waals surface area contributed by atoms with Gasteiger partial charge in [0.05, 0.1) is 0 Å². The van der Waals surface area contributed by atoms with Crippen LogP contribution >= 0.6 is 0 Å². The molecule has 2 heteroatoms. The van der Waals surface area contributed by atoms with Crippen molar-refractivity contribution in [2.45, 2.75) is 77.8 Å². The van der Waals surface area contributed by atoms with Crippen LogP contribution in [0, 0.1) is 0 Å². The van der Waals surface area contributed by atoms with Crippen LogP contribution in [0.1, 0.15) is 65.7 Å². The first-order chi connectivity index (χ1) is 8.27. The average molecular weight is 240 g/mol.